The van der Waals surface area contributed by atoms with E-state index >= 15 is 0 Å². The van der Waals surface area contributed by atoms with E-state index in [0.717, 1.165) is 5.75 Å². The van der Waals surface area contributed by atoms with Gasteiger partial charge in [-0.05, 0) is 31.0 Å². The molecule has 2 N–H and O–H groups in total. The molecule has 2 rings (SSSR count). The second-order valence-electron chi connectivity index (χ2n) is 5.12. The van der Waals surface area contributed by atoms with E-state index in [-0.39, 0.29) is 5.41 Å². The van der Waals surface area contributed by atoms with Gasteiger partial charge in [-0.15, -0.1) is 0 Å². The average molecular weight is 234 g/mol. The van der Waals surface area contributed by atoms with Gasteiger partial charge < -0.3 is 15.4 Å². The summed E-state index contributed by atoms with van der Waals surface area (Å²) in [5.74, 6) is 0.973. The zero-order chi connectivity index (χ0) is 12.5. The van der Waals surface area contributed by atoms with Crippen LogP contribution in [0.4, 0.5) is 5.69 Å². The lowest BCUT2D eigenvalue weighted by molar-refractivity contribution is 0.243. The normalized spacial score (nSPS) is 17.4. The highest BCUT2D eigenvalue weighted by molar-refractivity contribution is 5.55. The summed E-state index contributed by atoms with van der Waals surface area (Å²) >= 11 is 0. The van der Waals surface area contributed by atoms with Crippen LogP contribution in [0.2, 0.25) is 0 Å². The standard InChI is InChI=1S/C14H22N2O/c1-16(2)11-5-6-13(17-3)12(9-11)14(10-15)7-4-8-14/h5-6,9H,4,7-8,10,15H2,1-3H3. The van der Waals surface area contributed by atoms with E-state index in [1.807, 2.05) is 0 Å². The van der Waals surface area contributed by atoms with Crippen LogP contribution in [-0.4, -0.2) is 27.7 Å². The molecule has 0 aromatic heterocycles. The number of benzene rings is 1. The zero-order valence-electron chi connectivity index (χ0n) is 11.0. The van der Waals surface area contributed by atoms with E-state index in [0.29, 0.717) is 6.54 Å². The van der Waals surface area contributed by atoms with E-state index in [1.165, 1.54) is 30.5 Å². The Labute approximate surface area is 104 Å². The van der Waals surface area contributed by atoms with Gasteiger partial charge in [-0.3, -0.25) is 0 Å². The van der Waals surface area contributed by atoms with Crippen LogP contribution >= 0.6 is 0 Å². The van der Waals surface area contributed by atoms with Crippen molar-refractivity contribution in [3.8, 4) is 5.75 Å². The van der Waals surface area contributed by atoms with Crippen molar-refractivity contribution >= 4 is 5.69 Å². The first-order valence-electron chi connectivity index (χ1n) is 6.19. The average Bonchev–Trinajstić information content (AvgIpc) is 2.28. The summed E-state index contributed by atoms with van der Waals surface area (Å²) in [5, 5.41) is 0. The third-order valence-corrected chi connectivity index (χ3v) is 3.97. The van der Waals surface area contributed by atoms with Crippen LogP contribution in [-0.2, 0) is 5.41 Å². The molecule has 3 heteroatoms. The van der Waals surface area contributed by atoms with Crippen molar-refractivity contribution in [2.45, 2.75) is 24.7 Å². The number of ether oxygens (including phenoxy) is 1. The van der Waals surface area contributed by atoms with Crippen molar-refractivity contribution in [2.24, 2.45) is 5.73 Å². The van der Waals surface area contributed by atoms with Crippen molar-refractivity contribution in [3.05, 3.63) is 23.8 Å². The molecule has 0 saturated heterocycles. The first-order chi connectivity index (χ1) is 8.13. The maximum atomic E-state index is 5.98. The molecule has 17 heavy (non-hydrogen) atoms. The summed E-state index contributed by atoms with van der Waals surface area (Å²) in [5.41, 5.74) is 8.62. The minimum atomic E-state index is 0.150. The third kappa shape index (κ3) is 2.00. The molecule has 0 spiro atoms. The molecular formula is C14H22N2O. The molecule has 0 bridgehead atoms. The molecule has 1 fully saturated rings. The molecule has 1 saturated carbocycles. The first-order valence-corrected chi connectivity index (χ1v) is 6.19. The predicted octanol–water partition coefficient (Wildman–Crippen LogP) is 2.14. The molecule has 1 aromatic carbocycles. The van der Waals surface area contributed by atoms with Crippen LogP contribution in [0, 0.1) is 0 Å². The number of rotatable bonds is 4. The number of methoxy groups -OCH3 is 1. The van der Waals surface area contributed by atoms with Crippen molar-refractivity contribution in [2.75, 3.05) is 32.6 Å². The highest BCUT2D eigenvalue weighted by Crippen LogP contribution is 2.47. The number of nitrogens with zero attached hydrogens (tertiary/aromatic N) is 1. The lowest BCUT2D eigenvalue weighted by Gasteiger charge is -2.42. The Bertz CT molecular complexity index is 392. The van der Waals surface area contributed by atoms with Gasteiger partial charge in [-0.1, -0.05) is 6.42 Å². The zero-order valence-corrected chi connectivity index (χ0v) is 11.0. The Morgan fingerprint density at radius 3 is 2.47 bits per heavy atom. The molecule has 1 aromatic rings. The van der Waals surface area contributed by atoms with Crippen molar-refractivity contribution in [1.29, 1.82) is 0 Å². The van der Waals surface area contributed by atoms with E-state index in [2.05, 4.69) is 37.2 Å². The van der Waals surface area contributed by atoms with E-state index in [1.54, 1.807) is 7.11 Å². The SMILES string of the molecule is COc1ccc(N(C)C)cc1C1(CN)CCC1. The van der Waals surface area contributed by atoms with Gasteiger partial charge in [0, 0.05) is 37.3 Å². The van der Waals surface area contributed by atoms with Crippen molar-refractivity contribution in [1.82, 2.24) is 0 Å². The molecular weight excluding hydrogens is 212 g/mol. The Balaban J connectivity index is 2.45. The van der Waals surface area contributed by atoms with Gasteiger partial charge in [0.25, 0.3) is 0 Å². The fraction of sp³-hybridized carbons (Fsp3) is 0.571. The second-order valence-corrected chi connectivity index (χ2v) is 5.12. The lowest BCUT2D eigenvalue weighted by Crippen LogP contribution is -2.41. The van der Waals surface area contributed by atoms with E-state index in [4.69, 9.17) is 10.5 Å². The third-order valence-electron chi connectivity index (χ3n) is 3.97. The van der Waals surface area contributed by atoms with Crippen LogP contribution in [0.5, 0.6) is 5.75 Å². The summed E-state index contributed by atoms with van der Waals surface area (Å²) in [6.07, 6.45) is 3.63. The number of anilines is 1. The molecule has 94 valence electrons. The van der Waals surface area contributed by atoms with Crippen molar-refractivity contribution < 1.29 is 4.74 Å². The molecule has 0 unspecified atom stereocenters. The van der Waals surface area contributed by atoms with Crippen LogP contribution < -0.4 is 15.4 Å². The van der Waals surface area contributed by atoms with Gasteiger partial charge in [0.05, 0.1) is 7.11 Å². The monoisotopic (exact) mass is 234 g/mol. The Hall–Kier alpha value is -1.22. The maximum absolute atomic E-state index is 5.98. The van der Waals surface area contributed by atoms with Crippen molar-refractivity contribution in [3.63, 3.8) is 0 Å². The van der Waals surface area contributed by atoms with Gasteiger partial charge in [0.2, 0.25) is 0 Å². The van der Waals surface area contributed by atoms with Gasteiger partial charge in [0.15, 0.2) is 0 Å². The molecule has 0 aliphatic heterocycles. The number of nitrogens with two attached hydrogens (primary N) is 1. The second kappa shape index (κ2) is 4.57. The van der Waals surface area contributed by atoms with Gasteiger partial charge >= 0.3 is 0 Å². The quantitative estimate of drug-likeness (QED) is 0.867. The van der Waals surface area contributed by atoms with E-state index in [9.17, 15) is 0 Å². The van der Waals surface area contributed by atoms with Gasteiger partial charge in [-0.2, -0.15) is 0 Å². The molecule has 0 radical (unpaired) electrons. The lowest BCUT2D eigenvalue weighted by atomic mass is 9.64. The van der Waals surface area contributed by atoms with Gasteiger partial charge in [-0.25, -0.2) is 0 Å². The maximum Gasteiger partial charge on any atom is 0.122 e. The number of hydrogen-bond acceptors (Lipinski definition) is 3. The fourth-order valence-electron chi connectivity index (χ4n) is 2.58. The Morgan fingerprint density at radius 1 is 1.35 bits per heavy atom. The summed E-state index contributed by atoms with van der Waals surface area (Å²) in [7, 11) is 5.85. The summed E-state index contributed by atoms with van der Waals surface area (Å²) in [6.45, 7) is 0.709. The van der Waals surface area contributed by atoms with Crippen LogP contribution in [0.15, 0.2) is 18.2 Å². The van der Waals surface area contributed by atoms with Crippen LogP contribution in [0.3, 0.4) is 0 Å². The highest BCUT2D eigenvalue weighted by atomic mass is 16.5. The van der Waals surface area contributed by atoms with E-state index < -0.39 is 0 Å². The topological polar surface area (TPSA) is 38.5 Å². The molecule has 0 heterocycles. The first kappa shape index (κ1) is 12.2. The molecule has 1 aliphatic rings. The Morgan fingerprint density at radius 2 is 2.06 bits per heavy atom. The fourth-order valence-corrected chi connectivity index (χ4v) is 2.58. The minimum Gasteiger partial charge on any atom is -0.496 e. The predicted molar refractivity (Wildman–Crippen MR) is 71.9 cm³/mol. The van der Waals surface area contributed by atoms with Gasteiger partial charge in [0.1, 0.15) is 5.75 Å². The Kier molecular flexibility index (Phi) is 3.29. The van der Waals surface area contributed by atoms with Crippen LogP contribution in [0.1, 0.15) is 24.8 Å². The molecule has 0 amide bonds. The smallest absolute Gasteiger partial charge is 0.122 e. The molecule has 1 aliphatic carbocycles. The summed E-state index contributed by atoms with van der Waals surface area (Å²) in [6, 6.07) is 6.37. The highest BCUT2D eigenvalue weighted by Gasteiger charge is 2.39. The minimum absolute atomic E-state index is 0.150. The number of hydrogen-bond donors (Lipinski definition) is 1. The largest absolute Gasteiger partial charge is 0.496 e. The summed E-state index contributed by atoms with van der Waals surface area (Å²) in [4.78, 5) is 2.12. The molecule has 0 atom stereocenters. The molecule has 3 nitrogen and oxygen atoms in total. The van der Waals surface area contributed by atoms with Crippen LogP contribution in [0.25, 0.3) is 0 Å². The summed E-state index contributed by atoms with van der Waals surface area (Å²) < 4.78 is 5.49.